The molecular weight excluding hydrogens is 572 g/mol. The molecule has 10 nitrogen and oxygen atoms in total. The first-order chi connectivity index (χ1) is 20.5. The molecule has 0 unspecified atom stereocenters. The summed E-state index contributed by atoms with van der Waals surface area (Å²) in [5.74, 6) is -2.03. The predicted molar refractivity (Wildman–Crippen MR) is 165 cm³/mol. The molecule has 3 atom stereocenters. The lowest BCUT2D eigenvalue weighted by Gasteiger charge is -2.25. The quantitative estimate of drug-likeness (QED) is 0.201. The Hall–Kier alpha value is -3.92. The molecule has 2 aromatic rings. The summed E-state index contributed by atoms with van der Waals surface area (Å²) in [4.78, 5) is 63.9. The Labute approximate surface area is 258 Å². The smallest absolute Gasteiger partial charge is 0.408 e. The van der Waals surface area contributed by atoms with Gasteiger partial charge in [0.25, 0.3) is 0 Å². The molecule has 43 heavy (non-hydrogen) atoms. The highest BCUT2D eigenvalue weighted by molar-refractivity contribution is 6.28. The van der Waals surface area contributed by atoms with E-state index in [1.165, 1.54) is 0 Å². The summed E-state index contributed by atoms with van der Waals surface area (Å²) in [5.41, 5.74) is 1.59. The van der Waals surface area contributed by atoms with Gasteiger partial charge < -0.3 is 26.0 Å². The van der Waals surface area contributed by atoms with Crippen LogP contribution in [0.5, 0.6) is 0 Å². The molecule has 2 rings (SSSR count). The number of amides is 4. The third kappa shape index (κ3) is 13.7. The van der Waals surface area contributed by atoms with E-state index >= 15 is 0 Å². The summed E-state index contributed by atoms with van der Waals surface area (Å²) in [7, 11) is 0. The number of hydrogen-bond acceptors (Lipinski definition) is 6. The van der Waals surface area contributed by atoms with Crippen molar-refractivity contribution in [2.24, 2.45) is 11.8 Å². The molecule has 2 aromatic carbocycles. The van der Waals surface area contributed by atoms with Crippen molar-refractivity contribution in [2.45, 2.75) is 71.7 Å². The van der Waals surface area contributed by atoms with Crippen LogP contribution in [0.3, 0.4) is 0 Å². The van der Waals surface area contributed by atoms with Crippen LogP contribution < -0.4 is 21.3 Å². The van der Waals surface area contributed by atoms with Crippen LogP contribution in [0.15, 0.2) is 60.7 Å². The molecule has 0 aliphatic carbocycles. The monoisotopic (exact) mass is 614 g/mol. The number of rotatable bonds is 17. The molecule has 234 valence electrons. The molecule has 11 heteroatoms. The zero-order chi connectivity index (χ0) is 31.8. The zero-order valence-corrected chi connectivity index (χ0v) is 26.0. The minimum atomic E-state index is -1.02. The highest BCUT2D eigenvalue weighted by Gasteiger charge is 2.28. The second-order valence-corrected chi connectivity index (χ2v) is 11.5. The van der Waals surface area contributed by atoms with Gasteiger partial charge in [0, 0.05) is 6.42 Å². The van der Waals surface area contributed by atoms with Crippen LogP contribution in [-0.4, -0.2) is 60.1 Å². The molecule has 0 aliphatic heterocycles. The lowest BCUT2D eigenvalue weighted by molar-refractivity contribution is -0.132. The van der Waals surface area contributed by atoms with E-state index < -0.39 is 48.5 Å². The van der Waals surface area contributed by atoms with Gasteiger partial charge in [-0.3, -0.25) is 19.2 Å². The highest BCUT2D eigenvalue weighted by atomic mass is 35.5. The first-order valence-electron chi connectivity index (χ1n) is 14.5. The van der Waals surface area contributed by atoms with Gasteiger partial charge in [-0.1, -0.05) is 88.4 Å². The molecule has 0 fully saturated rings. The van der Waals surface area contributed by atoms with E-state index in [1.54, 1.807) is 0 Å². The number of carbonyl (C=O) groups excluding carboxylic acids is 5. The Morgan fingerprint density at radius 3 is 1.81 bits per heavy atom. The van der Waals surface area contributed by atoms with Crippen molar-refractivity contribution >= 4 is 41.2 Å². The van der Waals surface area contributed by atoms with Gasteiger partial charge in [-0.05, 0) is 35.8 Å². The van der Waals surface area contributed by atoms with E-state index in [4.69, 9.17) is 16.3 Å². The predicted octanol–water partition coefficient (Wildman–Crippen LogP) is 3.51. The first-order valence-corrected chi connectivity index (χ1v) is 15.0. The van der Waals surface area contributed by atoms with Crippen LogP contribution in [0.1, 0.15) is 51.7 Å². The van der Waals surface area contributed by atoms with E-state index in [2.05, 4.69) is 21.3 Å². The average molecular weight is 615 g/mol. The number of benzene rings is 2. The summed E-state index contributed by atoms with van der Waals surface area (Å²) in [6.45, 7) is 7.27. The Balaban J connectivity index is 2.03. The first kappa shape index (κ1) is 35.3. The van der Waals surface area contributed by atoms with Gasteiger partial charge in [0.15, 0.2) is 5.78 Å². The van der Waals surface area contributed by atoms with Crippen LogP contribution in [0, 0.1) is 11.8 Å². The third-order valence-corrected chi connectivity index (χ3v) is 6.69. The van der Waals surface area contributed by atoms with Crippen molar-refractivity contribution in [3.63, 3.8) is 0 Å². The standard InChI is InChI=1S/C32H43ClN4O6/c1-21(2)15-25(28(38)18-33)36-31(41)26(16-22(3)4)35-29(39)19-34-30(40)27(17-23-11-7-5-8-12-23)37-32(42)43-20-24-13-9-6-10-14-24/h5-14,21-22,25-27H,15-20H2,1-4H3,(H,34,40)(H,35,39)(H,36,41)(H,37,42)/t25-,26-,27-/m0/s1. The SMILES string of the molecule is CC(C)C[C@H](NC(=O)[C@H](CC(C)C)NC(=O)CNC(=O)[C@H](Cc1ccccc1)NC(=O)OCc1ccccc1)C(=O)CCl. The summed E-state index contributed by atoms with van der Waals surface area (Å²) in [6, 6.07) is 15.5. The van der Waals surface area contributed by atoms with Gasteiger partial charge in [-0.2, -0.15) is 0 Å². The Bertz CT molecular complexity index is 1190. The second-order valence-electron chi connectivity index (χ2n) is 11.2. The van der Waals surface area contributed by atoms with Gasteiger partial charge in [-0.15, -0.1) is 11.6 Å². The fourth-order valence-electron chi connectivity index (χ4n) is 4.31. The number of halogens is 1. The normalized spacial score (nSPS) is 13.0. The van der Waals surface area contributed by atoms with Crippen molar-refractivity contribution in [3.8, 4) is 0 Å². The summed E-state index contributed by atoms with van der Waals surface area (Å²) in [5, 5.41) is 10.5. The number of nitrogens with one attached hydrogen (secondary N) is 4. The topological polar surface area (TPSA) is 143 Å². The summed E-state index contributed by atoms with van der Waals surface area (Å²) in [6.07, 6.45) is 0.124. The zero-order valence-electron chi connectivity index (χ0n) is 25.2. The van der Waals surface area contributed by atoms with Crippen LogP contribution >= 0.6 is 11.6 Å². The van der Waals surface area contributed by atoms with Crippen LogP contribution in [0.2, 0.25) is 0 Å². The fourth-order valence-corrected chi connectivity index (χ4v) is 4.50. The average Bonchev–Trinajstić information content (AvgIpc) is 2.98. The molecule has 0 spiro atoms. The number of alkyl halides is 1. The summed E-state index contributed by atoms with van der Waals surface area (Å²) < 4.78 is 5.28. The van der Waals surface area contributed by atoms with Gasteiger partial charge in [0.2, 0.25) is 17.7 Å². The maximum absolute atomic E-state index is 13.1. The van der Waals surface area contributed by atoms with Crippen LogP contribution in [0.25, 0.3) is 0 Å². The van der Waals surface area contributed by atoms with Gasteiger partial charge in [0.05, 0.1) is 18.5 Å². The number of ether oxygens (including phenoxy) is 1. The lowest BCUT2D eigenvalue weighted by atomic mass is 9.98. The number of Topliss-reactive ketones (excluding diaryl/α,β-unsaturated/α-hetero) is 1. The van der Waals surface area contributed by atoms with Crippen LogP contribution in [-0.2, 0) is 36.9 Å². The highest BCUT2D eigenvalue weighted by Crippen LogP contribution is 2.10. The van der Waals surface area contributed by atoms with Gasteiger partial charge >= 0.3 is 6.09 Å². The molecular formula is C32H43ClN4O6. The van der Waals surface area contributed by atoms with E-state index in [-0.39, 0.29) is 36.5 Å². The van der Waals surface area contributed by atoms with Gasteiger partial charge in [0.1, 0.15) is 18.7 Å². The van der Waals surface area contributed by atoms with Gasteiger partial charge in [-0.25, -0.2) is 4.79 Å². The second kappa shape index (κ2) is 18.6. The van der Waals surface area contributed by atoms with E-state index in [1.807, 2.05) is 88.4 Å². The largest absolute Gasteiger partial charge is 0.445 e. The molecule has 0 bridgehead atoms. The number of carbonyl (C=O) groups is 5. The van der Waals surface area contributed by atoms with E-state index in [0.717, 1.165) is 11.1 Å². The van der Waals surface area contributed by atoms with E-state index in [0.29, 0.717) is 12.8 Å². The Kier molecular flexibility index (Phi) is 15.2. The fraction of sp³-hybridized carbons (Fsp3) is 0.469. The van der Waals surface area contributed by atoms with Crippen molar-refractivity contribution in [1.82, 2.24) is 21.3 Å². The molecule has 0 aromatic heterocycles. The molecule has 0 aliphatic rings. The molecule has 0 saturated carbocycles. The Morgan fingerprint density at radius 1 is 0.698 bits per heavy atom. The van der Waals surface area contributed by atoms with E-state index in [9.17, 15) is 24.0 Å². The maximum Gasteiger partial charge on any atom is 0.408 e. The van der Waals surface area contributed by atoms with Crippen molar-refractivity contribution in [1.29, 1.82) is 0 Å². The minimum Gasteiger partial charge on any atom is -0.445 e. The number of alkyl carbamates (subject to hydrolysis) is 1. The summed E-state index contributed by atoms with van der Waals surface area (Å²) >= 11 is 5.74. The lowest BCUT2D eigenvalue weighted by Crippen LogP contribution is -2.55. The number of hydrogen-bond donors (Lipinski definition) is 4. The van der Waals surface area contributed by atoms with Crippen molar-refractivity contribution in [3.05, 3.63) is 71.8 Å². The number of ketones is 1. The maximum atomic E-state index is 13.1. The minimum absolute atomic E-state index is 0.0303. The van der Waals surface area contributed by atoms with Crippen molar-refractivity contribution in [2.75, 3.05) is 12.4 Å². The molecule has 4 amide bonds. The molecule has 0 radical (unpaired) electrons. The molecule has 0 heterocycles. The Morgan fingerprint density at radius 2 is 1.26 bits per heavy atom. The third-order valence-electron chi connectivity index (χ3n) is 6.43. The van der Waals surface area contributed by atoms with Crippen LogP contribution in [0.4, 0.5) is 4.79 Å². The van der Waals surface area contributed by atoms with Crippen molar-refractivity contribution < 1.29 is 28.7 Å². The molecule has 4 N–H and O–H groups in total. The molecule has 0 saturated heterocycles.